The molecule has 1 aliphatic rings. The normalized spacial score (nSPS) is 29.6. The van der Waals surface area contributed by atoms with Crippen molar-refractivity contribution in [2.45, 2.75) is 24.0 Å². The average Bonchev–Trinajstić information content (AvgIpc) is 2.79. The fourth-order valence-corrected chi connectivity index (χ4v) is 2.77. The number of carbonyl (C=O) groups is 1. The van der Waals surface area contributed by atoms with Gasteiger partial charge in [0.2, 0.25) is 0 Å². The molecule has 1 aromatic rings. The highest BCUT2D eigenvalue weighted by atomic mass is 32.1. The molecule has 134 valence electrons. The number of aliphatic carboxylic acids is 1. The molecule has 0 amide bonds. The second-order valence-corrected chi connectivity index (χ2v) is 5.58. The highest BCUT2D eigenvalue weighted by molar-refractivity contribution is 7.71. The van der Waals surface area contributed by atoms with Gasteiger partial charge in [0.15, 0.2) is 10.5 Å². The number of H-pyrrole nitrogens is 1. The first kappa shape index (κ1) is 18.5. The summed E-state index contributed by atoms with van der Waals surface area (Å²) in [6.07, 6.45) is -3.29. The van der Waals surface area contributed by atoms with Gasteiger partial charge in [-0.2, -0.15) is 0 Å². The number of rotatable bonds is 6. The van der Waals surface area contributed by atoms with Gasteiger partial charge in [-0.3, -0.25) is 19.1 Å². The van der Waals surface area contributed by atoms with Crippen molar-refractivity contribution in [2.24, 2.45) is 0 Å². The zero-order valence-electron chi connectivity index (χ0n) is 12.2. The second kappa shape index (κ2) is 6.96. The predicted molar refractivity (Wildman–Crippen MR) is 81.0 cm³/mol. The van der Waals surface area contributed by atoms with Crippen LogP contribution in [0.1, 0.15) is 0 Å². The molecule has 1 aromatic heterocycles. The highest BCUT2D eigenvalue weighted by Gasteiger charge is 2.55. The molecule has 0 bridgehead atoms. The molecular formula is C12H17N3O8S. The molecule has 4 atom stereocenters. The minimum Gasteiger partial charge on any atom is -0.480 e. The van der Waals surface area contributed by atoms with Gasteiger partial charge >= 0.3 is 5.97 Å². The lowest BCUT2D eigenvalue weighted by molar-refractivity contribution is -0.173. The third-order valence-electron chi connectivity index (χ3n) is 3.71. The van der Waals surface area contributed by atoms with Gasteiger partial charge in [-0.15, -0.1) is 0 Å². The third kappa shape index (κ3) is 3.07. The third-order valence-corrected chi connectivity index (χ3v) is 4.01. The van der Waals surface area contributed by atoms with Crippen molar-refractivity contribution in [3.63, 3.8) is 0 Å². The van der Waals surface area contributed by atoms with Gasteiger partial charge in [0.05, 0.1) is 13.2 Å². The number of carboxylic acids is 1. The van der Waals surface area contributed by atoms with Crippen LogP contribution in [-0.2, 0) is 15.3 Å². The van der Waals surface area contributed by atoms with Gasteiger partial charge < -0.3 is 35.6 Å². The summed E-state index contributed by atoms with van der Waals surface area (Å²) in [6.45, 7) is -2.02. The van der Waals surface area contributed by atoms with Crippen LogP contribution in [-0.4, -0.2) is 79.1 Å². The van der Waals surface area contributed by atoms with E-state index in [4.69, 9.17) is 22.1 Å². The highest BCUT2D eigenvalue weighted by Crippen LogP contribution is 2.35. The van der Waals surface area contributed by atoms with E-state index in [-0.39, 0.29) is 10.5 Å². The fraction of sp³-hybridized carbons (Fsp3) is 0.583. The van der Waals surface area contributed by atoms with Crippen LogP contribution in [0.15, 0.2) is 11.0 Å². The smallest absolute Gasteiger partial charge is 0.322 e. The van der Waals surface area contributed by atoms with E-state index in [0.717, 1.165) is 10.8 Å². The Morgan fingerprint density at radius 2 is 2.12 bits per heavy atom. The Hall–Kier alpha value is -1.83. The van der Waals surface area contributed by atoms with Crippen molar-refractivity contribution in [3.05, 3.63) is 21.3 Å². The predicted octanol–water partition coefficient (Wildman–Crippen LogP) is -2.84. The molecule has 2 rings (SSSR count). The van der Waals surface area contributed by atoms with Crippen LogP contribution in [0.4, 0.5) is 5.69 Å². The Morgan fingerprint density at radius 3 is 2.62 bits per heavy atom. The number of aliphatic hydroxyl groups is 4. The number of hydrogen-bond donors (Lipinski definition) is 7. The minimum atomic E-state index is -1.95. The fourth-order valence-electron chi connectivity index (χ4n) is 2.47. The largest absolute Gasteiger partial charge is 0.480 e. The molecule has 1 fully saturated rings. The molecule has 0 radical (unpaired) electrons. The van der Waals surface area contributed by atoms with Crippen LogP contribution in [0, 0.1) is 4.77 Å². The van der Waals surface area contributed by atoms with Crippen LogP contribution in [0.2, 0.25) is 0 Å². The Labute approximate surface area is 139 Å². The quantitative estimate of drug-likeness (QED) is 0.260. The van der Waals surface area contributed by atoms with Gasteiger partial charge in [-0.05, 0) is 12.2 Å². The monoisotopic (exact) mass is 363 g/mol. The topological polar surface area (TPSA) is 177 Å². The molecule has 0 spiro atoms. The zero-order valence-corrected chi connectivity index (χ0v) is 13.1. The van der Waals surface area contributed by atoms with E-state index < -0.39 is 55.3 Å². The lowest BCUT2D eigenvalue weighted by Crippen LogP contribution is -2.49. The lowest BCUT2D eigenvalue weighted by atomic mass is 10.0. The maximum absolute atomic E-state index is 11.8. The Morgan fingerprint density at radius 1 is 1.46 bits per heavy atom. The summed E-state index contributed by atoms with van der Waals surface area (Å²) in [4.78, 5) is 24.7. The second-order valence-electron chi connectivity index (χ2n) is 5.20. The van der Waals surface area contributed by atoms with Crippen molar-refractivity contribution in [1.82, 2.24) is 9.55 Å². The van der Waals surface area contributed by atoms with Crippen LogP contribution in [0.5, 0.6) is 0 Å². The molecule has 2 heterocycles. The SMILES string of the molecule is O=C(O)CNc1cn([C@]2(CO)O[C@H](CO)[C@@H](O)[C@H]2O)c(=S)[nH]c1=O. The summed E-state index contributed by atoms with van der Waals surface area (Å²) in [5.41, 5.74) is -2.86. The first-order valence-electron chi connectivity index (χ1n) is 6.84. The molecular weight excluding hydrogens is 346 g/mol. The summed E-state index contributed by atoms with van der Waals surface area (Å²) in [5.74, 6) is -1.21. The van der Waals surface area contributed by atoms with E-state index in [0.29, 0.717) is 0 Å². The molecule has 0 aromatic carbocycles. The summed E-state index contributed by atoms with van der Waals surface area (Å²) in [5, 5.41) is 50.1. The number of anilines is 1. The summed E-state index contributed by atoms with van der Waals surface area (Å²) in [7, 11) is 0. The summed E-state index contributed by atoms with van der Waals surface area (Å²) < 4.78 is 6.15. The number of nitrogens with zero attached hydrogens (tertiary/aromatic N) is 1. The molecule has 1 saturated heterocycles. The van der Waals surface area contributed by atoms with Gasteiger partial charge in [0, 0.05) is 6.20 Å². The number of carboxylic acid groups (broad SMARTS) is 1. The number of aliphatic hydroxyl groups excluding tert-OH is 4. The maximum Gasteiger partial charge on any atom is 0.322 e. The van der Waals surface area contributed by atoms with Crippen molar-refractivity contribution in [3.8, 4) is 0 Å². The van der Waals surface area contributed by atoms with Gasteiger partial charge in [0.1, 0.15) is 30.5 Å². The summed E-state index contributed by atoms with van der Waals surface area (Å²) >= 11 is 4.99. The van der Waals surface area contributed by atoms with E-state index >= 15 is 0 Å². The van der Waals surface area contributed by atoms with Crippen LogP contribution in [0.3, 0.4) is 0 Å². The Kier molecular flexibility index (Phi) is 5.37. The van der Waals surface area contributed by atoms with E-state index in [2.05, 4.69) is 10.3 Å². The molecule has 1 aliphatic heterocycles. The molecule has 0 saturated carbocycles. The Balaban J connectivity index is 2.53. The first-order valence-corrected chi connectivity index (χ1v) is 7.25. The van der Waals surface area contributed by atoms with E-state index in [1.54, 1.807) is 0 Å². The number of aromatic nitrogens is 2. The minimum absolute atomic E-state index is 0.198. The number of ether oxygens (including phenoxy) is 1. The number of hydrogen-bond acceptors (Lipinski definition) is 9. The van der Waals surface area contributed by atoms with Gasteiger partial charge in [-0.1, -0.05) is 0 Å². The molecule has 0 aliphatic carbocycles. The molecule has 24 heavy (non-hydrogen) atoms. The van der Waals surface area contributed by atoms with E-state index in [1.165, 1.54) is 0 Å². The molecule has 7 N–H and O–H groups in total. The first-order chi connectivity index (χ1) is 11.3. The molecule has 0 unspecified atom stereocenters. The van der Waals surface area contributed by atoms with Crippen LogP contribution < -0.4 is 10.9 Å². The van der Waals surface area contributed by atoms with E-state index in [1.807, 2.05) is 0 Å². The van der Waals surface area contributed by atoms with Crippen molar-refractivity contribution in [1.29, 1.82) is 0 Å². The van der Waals surface area contributed by atoms with E-state index in [9.17, 15) is 30.0 Å². The van der Waals surface area contributed by atoms with Crippen LogP contribution in [0.25, 0.3) is 0 Å². The molecule has 11 nitrogen and oxygen atoms in total. The van der Waals surface area contributed by atoms with Crippen molar-refractivity contribution < 1.29 is 35.1 Å². The van der Waals surface area contributed by atoms with Crippen LogP contribution >= 0.6 is 12.2 Å². The van der Waals surface area contributed by atoms with Gasteiger partial charge in [0.25, 0.3) is 5.56 Å². The van der Waals surface area contributed by atoms with Crippen molar-refractivity contribution >= 4 is 23.9 Å². The maximum atomic E-state index is 11.8. The number of aromatic amines is 1. The van der Waals surface area contributed by atoms with Crippen molar-refractivity contribution in [2.75, 3.05) is 25.1 Å². The lowest BCUT2D eigenvalue weighted by Gasteiger charge is -2.33. The standard InChI is InChI=1S/C12H17N3O8S/c16-3-6-8(20)9(21)12(4-17,23-6)15-2-5(13-1-7(18)19)10(22)14-11(15)24/h2,6,8-9,13,16-17,20-21H,1,3-4H2,(H,18,19)(H,14,22,24)/t6-,8-,9-,12-/m1/s1. The summed E-state index contributed by atoms with van der Waals surface area (Å²) in [6, 6.07) is 0. The zero-order chi connectivity index (χ0) is 18.1. The Bertz CT molecular complexity index is 734. The number of nitrogens with one attached hydrogen (secondary N) is 2. The average molecular weight is 363 g/mol. The molecule has 12 heteroatoms. The van der Waals surface area contributed by atoms with Gasteiger partial charge in [-0.25, -0.2) is 0 Å².